The normalized spacial score (nSPS) is 13.9. The summed E-state index contributed by atoms with van der Waals surface area (Å²) in [6.45, 7) is 0. The van der Waals surface area contributed by atoms with Gasteiger partial charge in [-0.25, -0.2) is 0 Å². The molecule has 1 aliphatic rings. The molecule has 1 aromatic carbocycles. The number of carbonyl (C=O) groups is 2. The summed E-state index contributed by atoms with van der Waals surface area (Å²) in [6, 6.07) is 8.83. The fourth-order valence-corrected chi connectivity index (χ4v) is 3.06. The first-order chi connectivity index (χ1) is 7.83. The van der Waals surface area contributed by atoms with Crippen molar-refractivity contribution in [1.82, 2.24) is 0 Å². The van der Waals surface area contributed by atoms with Crippen LogP contribution in [0.25, 0.3) is 0 Å². The van der Waals surface area contributed by atoms with Crippen molar-refractivity contribution in [2.24, 2.45) is 0 Å². The molecule has 16 heavy (non-hydrogen) atoms. The van der Waals surface area contributed by atoms with Crippen LogP contribution >= 0.6 is 23.5 Å². The second kappa shape index (κ2) is 5.18. The van der Waals surface area contributed by atoms with Gasteiger partial charge in [-0.15, -0.1) is 0 Å². The first kappa shape index (κ1) is 11.2. The Bertz CT molecular complexity index is 465. The Labute approximate surface area is 102 Å². The molecular formula is C12H8O2S2. The Hall–Kier alpha value is -1.26. The Kier molecular flexibility index (Phi) is 3.64. The van der Waals surface area contributed by atoms with Crippen LogP contribution in [0.4, 0.5) is 0 Å². The van der Waals surface area contributed by atoms with Crippen LogP contribution in [0.3, 0.4) is 0 Å². The molecule has 1 aromatic rings. The van der Waals surface area contributed by atoms with Crippen molar-refractivity contribution in [3.63, 3.8) is 0 Å². The minimum atomic E-state index is -0.214. The number of ketones is 1. The van der Waals surface area contributed by atoms with Crippen molar-refractivity contribution in [3.8, 4) is 0 Å². The number of hydrogen-bond acceptors (Lipinski definition) is 4. The van der Waals surface area contributed by atoms with Gasteiger partial charge in [-0.05, 0) is 10.8 Å². The summed E-state index contributed by atoms with van der Waals surface area (Å²) in [5.74, 6) is -0.214. The molecule has 2 rings (SSSR count). The number of rotatable bonds is 3. The molecule has 0 radical (unpaired) electrons. The van der Waals surface area contributed by atoms with Crippen LogP contribution < -0.4 is 0 Å². The summed E-state index contributed by atoms with van der Waals surface area (Å²) in [5.41, 5.74) is 0.788. The number of aldehydes is 1. The number of allylic oxidation sites excluding steroid dienone is 1. The van der Waals surface area contributed by atoms with Crippen molar-refractivity contribution >= 4 is 35.6 Å². The monoisotopic (exact) mass is 248 g/mol. The highest BCUT2D eigenvalue weighted by molar-refractivity contribution is 8.27. The largest absolute Gasteiger partial charge is 0.298 e. The minimum Gasteiger partial charge on any atom is -0.298 e. The van der Waals surface area contributed by atoms with Crippen LogP contribution in [0, 0.1) is 0 Å². The highest BCUT2D eigenvalue weighted by Gasteiger charge is 2.18. The average molecular weight is 248 g/mol. The van der Waals surface area contributed by atoms with Crippen LogP contribution in [-0.2, 0) is 4.79 Å². The summed E-state index contributed by atoms with van der Waals surface area (Å²) in [7, 11) is 0. The van der Waals surface area contributed by atoms with Crippen molar-refractivity contribution in [1.29, 1.82) is 0 Å². The zero-order chi connectivity index (χ0) is 11.4. The van der Waals surface area contributed by atoms with Crippen molar-refractivity contribution < 1.29 is 9.59 Å². The molecule has 80 valence electrons. The van der Waals surface area contributed by atoms with E-state index in [0.29, 0.717) is 11.8 Å². The third kappa shape index (κ3) is 2.28. The first-order valence-corrected chi connectivity index (χ1v) is 6.36. The van der Waals surface area contributed by atoms with Gasteiger partial charge in [0.15, 0.2) is 12.1 Å². The zero-order valence-corrected chi connectivity index (χ0v) is 9.88. The molecule has 0 bridgehead atoms. The minimum absolute atomic E-state index is 0.214. The fraction of sp³-hybridized carbons (Fsp3) is 0. The van der Waals surface area contributed by atoms with E-state index >= 15 is 0 Å². The van der Waals surface area contributed by atoms with Crippen molar-refractivity contribution in [2.75, 3.05) is 0 Å². The lowest BCUT2D eigenvalue weighted by atomic mass is 10.1. The second-order valence-electron chi connectivity index (χ2n) is 3.02. The van der Waals surface area contributed by atoms with Crippen LogP contribution in [0.5, 0.6) is 0 Å². The molecule has 2 nitrogen and oxygen atoms in total. The second-order valence-corrected chi connectivity index (χ2v) is 5.11. The van der Waals surface area contributed by atoms with E-state index < -0.39 is 0 Å². The average Bonchev–Trinajstić information content (AvgIpc) is 2.85. The molecule has 0 aliphatic carbocycles. The summed E-state index contributed by atoms with van der Waals surface area (Å²) < 4.78 is 0.754. The molecule has 0 spiro atoms. The van der Waals surface area contributed by atoms with Gasteiger partial charge < -0.3 is 0 Å². The predicted octanol–water partition coefficient (Wildman–Crippen LogP) is 3.23. The lowest BCUT2D eigenvalue weighted by Crippen LogP contribution is -2.05. The highest BCUT2D eigenvalue weighted by Crippen LogP contribution is 2.39. The van der Waals surface area contributed by atoms with Gasteiger partial charge in [-0.2, -0.15) is 0 Å². The highest BCUT2D eigenvalue weighted by atomic mass is 32.2. The van der Waals surface area contributed by atoms with Crippen LogP contribution in [-0.4, -0.2) is 12.1 Å². The topological polar surface area (TPSA) is 34.1 Å². The van der Waals surface area contributed by atoms with Crippen LogP contribution in [0.1, 0.15) is 10.4 Å². The number of thioether (sulfide) groups is 2. The van der Waals surface area contributed by atoms with E-state index in [9.17, 15) is 9.59 Å². The van der Waals surface area contributed by atoms with E-state index in [1.807, 2.05) is 16.9 Å². The first-order valence-electron chi connectivity index (χ1n) is 4.60. The van der Waals surface area contributed by atoms with Crippen molar-refractivity contribution in [3.05, 3.63) is 56.5 Å². The van der Waals surface area contributed by atoms with E-state index in [4.69, 9.17) is 0 Å². The number of benzene rings is 1. The van der Waals surface area contributed by atoms with Gasteiger partial charge in [-0.3, -0.25) is 9.59 Å². The van der Waals surface area contributed by atoms with E-state index in [-0.39, 0.29) is 11.4 Å². The smallest absolute Gasteiger partial charge is 0.198 e. The third-order valence-corrected chi connectivity index (χ3v) is 4.19. The Morgan fingerprint density at radius 3 is 2.25 bits per heavy atom. The van der Waals surface area contributed by atoms with Crippen molar-refractivity contribution in [2.45, 2.75) is 0 Å². The molecule has 0 aromatic heterocycles. The maximum Gasteiger partial charge on any atom is 0.198 e. The van der Waals surface area contributed by atoms with Crippen LogP contribution in [0.2, 0.25) is 0 Å². The molecule has 0 fully saturated rings. The van der Waals surface area contributed by atoms with Gasteiger partial charge in [0.25, 0.3) is 0 Å². The van der Waals surface area contributed by atoms with Gasteiger partial charge in [-0.1, -0.05) is 53.9 Å². The standard InChI is InChI=1S/C12H8O2S2/c13-8-10(12-15-6-7-16-12)11(14)9-4-2-1-3-5-9/h1-8H. The summed E-state index contributed by atoms with van der Waals surface area (Å²) in [5, 5.41) is 3.73. The molecule has 1 aliphatic heterocycles. The Morgan fingerprint density at radius 1 is 1.06 bits per heavy atom. The lowest BCUT2D eigenvalue weighted by molar-refractivity contribution is -0.104. The van der Waals surface area contributed by atoms with Gasteiger partial charge in [0, 0.05) is 5.56 Å². The SMILES string of the molecule is O=CC(C(=O)c1ccccc1)=C1SC=CS1. The van der Waals surface area contributed by atoms with Gasteiger partial charge in [0.05, 0.1) is 9.81 Å². The quantitative estimate of drug-likeness (QED) is 0.270. The van der Waals surface area contributed by atoms with E-state index in [1.165, 1.54) is 23.5 Å². The molecular weight excluding hydrogens is 240 g/mol. The fourth-order valence-electron chi connectivity index (χ4n) is 1.27. The molecule has 0 saturated heterocycles. The molecule has 4 heteroatoms. The third-order valence-electron chi connectivity index (χ3n) is 2.02. The molecule has 0 amide bonds. The Balaban J connectivity index is 2.33. The predicted molar refractivity (Wildman–Crippen MR) is 68.2 cm³/mol. The molecule has 0 saturated carbocycles. The summed E-state index contributed by atoms with van der Waals surface area (Å²) in [4.78, 5) is 23.0. The van der Waals surface area contributed by atoms with Crippen LogP contribution in [0.15, 0.2) is 51.0 Å². The Morgan fingerprint density at radius 2 is 1.69 bits per heavy atom. The summed E-state index contributed by atoms with van der Waals surface area (Å²) in [6.07, 6.45) is 0.637. The van der Waals surface area contributed by atoms with E-state index in [0.717, 1.165) is 4.24 Å². The van der Waals surface area contributed by atoms with Gasteiger partial charge in [0.2, 0.25) is 0 Å². The molecule has 0 atom stereocenters. The van der Waals surface area contributed by atoms with E-state index in [1.54, 1.807) is 24.3 Å². The molecule has 0 unspecified atom stereocenters. The van der Waals surface area contributed by atoms with E-state index in [2.05, 4.69) is 0 Å². The van der Waals surface area contributed by atoms with Gasteiger partial charge in [0.1, 0.15) is 0 Å². The van der Waals surface area contributed by atoms with Gasteiger partial charge >= 0.3 is 0 Å². The zero-order valence-electron chi connectivity index (χ0n) is 8.25. The maximum absolute atomic E-state index is 12.0. The number of hydrogen-bond donors (Lipinski definition) is 0. The summed E-state index contributed by atoms with van der Waals surface area (Å²) >= 11 is 2.82. The molecule has 0 N–H and O–H groups in total. The number of carbonyl (C=O) groups excluding carboxylic acids is 2. The molecule has 1 heterocycles. The lowest BCUT2D eigenvalue weighted by Gasteiger charge is -2.02. The maximum atomic E-state index is 12.0. The number of Topliss-reactive ketones (excluding diaryl/α,β-unsaturated/α-hetero) is 1.